The van der Waals surface area contributed by atoms with E-state index in [9.17, 15) is 0 Å². The fourth-order valence-corrected chi connectivity index (χ4v) is 3.06. The number of rotatable bonds is 6. The molecule has 1 saturated heterocycles. The molecule has 0 amide bonds. The Kier molecular flexibility index (Phi) is 4.58. The van der Waals surface area contributed by atoms with Gasteiger partial charge in [-0.3, -0.25) is 4.90 Å². The Morgan fingerprint density at radius 2 is 2.24 bits per heavy atom. The summed E-state index contributed by atoms with van der Waals surface area (Å²) in [5, 5.41) is 4.66. The maximum atomic E-state index is 6.10. The lowest BCUT2D eigenvalue weighted by atomic mass is 10.1. The quantitative estimate of drug-likeness (QED) is 0.887. The molecule has 1 N–H and O–H groups in total. The second-order valence-corrected chi connectivity index (χ2v) is 5.66. The average molecular weight is 288 g/mol. The van der Waals surface area contributed by atoms with Gasteiger partial charge in [0.25, 0.3) is 0 Å². The lowest BCUT2D eigenvalue weighted by Gasteiger charge is -2.15. The Morgan fingerprint density at radius 3 is 3.00 bits per heavy atom. The van der Waals surface area contributed by atoms with Crippen molar-refractivity contribution in [2.24, 2.45) is 0 Å². The molecule has 4 heteroatoms. The summed E-state index contributed by atoms with van der Waals surface area (Å²) in [6.07, 6.45) is 1.48. The van der Waals surface area contributed by atoms with Crippen molar-refractivity contribution in [1.82, 2.24) is 10.2 Å². The van der Waals surface area contributed by atoms with Crippen molar-refractivity contribution in [3.8, 4) is 0 Å². The molecule has 1 aromatic heterocycles. The standard InChI is InChI=1S/C17H24N2O2/c1-3-18-10-15-14-6-4-5-7-16(14)21-17(15)12-19-9-8-13(11-19)20-2/h4-7,13,18H,3,8-12H2,1-2H3. The van der Waals surface area contributed by atoms with Gasteiger partial charge in [-0.25, -0.2) is 0 Å². The highest BCUT2D eigenvalue weighted by Gasteiger charge is 2.24. The topological polar surface area (TPSA) is 37.6 Å². The molecule has 1 atom stereocenters. The molecule has 0 radical (unpaired) electrons. The number of nitrogens with zero attached hydrogens (tertiary/aromatic N) is 1. The number of hydrogen-bond acceptors (Lipinski definition) is 4. The van der Waals surface area contributed by atoms with Crippen LogP contribution in [0.5, 0.6) is 0 Å². The number of para-hydroxylation sites is 1. The van der Waals surface area contributed by atoms with Crippen molar-refractivity contribution < 1.29 is 9.15 Å². The fraction of sp³-hybridized carbons (Fsp3) is 0.529. The number of nitrogens with one attached hydrogen (secondary N) is 1. The number of methoxy groups -OCH3 is 1. The molecule has 0 spiro atoms. The highest BCUT2D eigenvalue weighted by atomic mass is 16.5. The van der Waals surface area contributed by atoms with Crippen LogP contribution in [-0.4, -0.2) is 37.7 Å². The number of ether oxygens (including phenoxy) is 1. The van der Waals surface area contributed by atoms with E-state index < -0.39 is 0 Å². The van der Waals surface area contributed by atoms with Gasteiger partial charge >= 0.3 is 0 Å². The lowest BCUT2D eigenvalue weighted by Crippen LogP contribution is -2.23. The van der Waals surface area contributed by atoms with Crippen molar-refractivity contribution >= 4 is 11.0 Å². The van der Waals surface area contributed by atoms with Crippen LogP contribution in [0.3, 0.4) is 0 Å². The van der Waals surface area contributed by atoms with Crippen molar-refractivity contribution in [3.05, 3.63) is 35.6 Å². The summed E-state index contributed by atoms with van der Waals surface area (Å²) in [5.41, 5.74) is 2.29. The minimum absolute atomic E-state index is 0.367. The molecule has 114 valence electrons. The van der Waals surface area contributed by atoms with E-state index in [1.165, 1.54) is 10.9 Å². The molecule has 1 aliphatic heterocycles. The van der Waals surface area contributed by atoms with Crippen LogP contribution in [-0.2, 0) is 17.8 Å². The molecule has 3 rings (SSSR count). The van der Waals surface area contributed by atoms with Crippen molar-refractivity contribution in [1.29, 1.82) is 0 Å². The third-order valence-electron chi connectivity index (χ3n) is 4.26. The Labute approximate surface area is 126 Å². The number of likely N-dealkylation sites (tertiary alicyclic amines) is 1. The molecule has 4 nitrogen and oxygen atoms in total. The van der Waals surface area contributed by atoms with Gasteiger partial charge in [-0.2, -0.15) is 0 Å². The van der Waals surface area contributed by atoms with Gasteiger partial charge in [0, 0.05) is 37.7 Å². The lowest BCUT2D eigenvalue weighted by molar-refractivity contribution is 0.106. The summed E-state index contributed by atoms with van der Waals surface area (Å²) in [7, 11) is 1.80. The van der Waals surface area contributed by atoms with E-state index in [-0.39, 0.29) is 0 Å². The first-order valence-corrected chi connectivity index (χ1v) is 7.77. The summed E-state index contributed by atoms with van der Waals surface area (Å²) >= 11 is 0. The van der Waals surface area contributed by atoms with E-state index in [2.05, 4.69) is 35.3 Å². The summed E-state index contributed by atoms with van der Waals surface area (Å²) in [5.74, 6) is 1.09. The molecule has 1 aromatic carbocycles. The maximum Gasteiger partial charge on any atom is 0.134 e. The molecule has 1 fully saturated rings. The summed E-state index contributed by atoms with van der Waals surface area (Å²) in [4.78, 5) is 2.42. The first-order chi connectivity index (χ1) is 10.3. The van der Waals surface area contributed by atoms with Gasteiger partial charge in [-0.05, 0) is 19.0 Å². The predicted molar refractivity (Wildman–Crippen MR) is 84.3 cm³/mol. The van der Waals surface area contributed by atoms with E-state index in [4.69, 9.17) is 9.15 Å². The second-order valence-electron chi connectivity index (χ2n) is 5.66. The Balaban J connectivity index is 1.83. The number of fused-ring (bicyclic) bond motifs is 1. The number of hydrogen-bond donors (Lipinski definition) is 1. The number of benzene rings is 1. The van der Waals surface area contributed by atoms with Crippen molar-refractivity contribution in [2.45, 2.75) is 32.5 Å². The average Bonchev–Trinajstić information content (AvgIpc) is 3.09. The molecule has 0 bridgehead atoms. The predicted octanol–water partition coefficient (Wildman–Crippen LogP) is 2.76. The minimum atomic E-state index is 0.367. The van der Waals surface area contributed by atoms with Gasteiger partial charge in [-0.15, -0.1) is 0 Å². The third kappa shape index (κ3) is 3.12. The van der Waals surface area contributed by atoms with Gasteiger partial charge in [0.05, 0.1) is 12.6 Å². The van der Waals surface area contributed by atoms with Crippen LogP contribution in [0.25, 0.3) is 11.0 Å². The van der Waals surface area contributed by atoms with Crippen LogP contribution in [0.4, 0.5) is 0 Å². The molecule has 2 aromatic rings. The third-order valence-corrected chi connectivity index (χ3v) is 4.26. The van der Waals surface area contributed by atoms with Crippen LogP contribution in [0.2, 0.25) is 0 Å². The maximum absolute atomic E-state index is 6.10. The zero-order chi connectivity index (χ0) is 14.7. The summed E-state index contributed by atoms with van der Waals surface area (Å²) in [6, 6.07) is 8.31. The molecule has 0 saturated carbocycles. The Morgan fingerprint density at radius 1 is 1.38 bits per heavy atom. The van der Waals surface area contributed by atoms with Gasteiger partial charge in [-0.1, -0.05) is 25.1 Å². The van der Waals surface area contributed by atoms with Crippen LogP contribution >= 0.6 is 0 Å². The highest BCUT2D eigenvalue weighted by Crippen LogP contribution is 2.28. The van der Waals surface area contributed by atoms with Crippen LogP contribution in [0, 0.1) is 0 Å². The molecule has 1 unspecified atom stereocenters. The van der Waals surface area contributed by atoms with Crippen molar-refractivity contribution in [3.63, 3.8) is 0 Å². The summed E-state index contributed by atoms with van der Waals surface area (Å²) in [6.45, 7) is 6.91. The second kappa shape index (κ2) is 6.60. The normalized spacial score (nSPS) is 19.6. The Hall–Kier alpha value is -1.36. The van der Waals surface area contributed by atoms with Crippen molar-refractivity contribution in [2.75, 3.05) is 26.7 Å². The molecule has 21 heavy (non-hydrogen) atoms. The van der Waals surface area contributed by atoms with Gasteiger partial charge in [0.1, 0.15) is 11.3 Å². The highest BCUT2D eigenvalue weighted by molar-refractivity contribution is 5.82. The monoisotopic (exact) mass is 288 g/mol. The number of furan rings is 1. The zero-order valence-corrected chi connectivity index (χ0v) is 12.9. The Bertz CT molecular complexity index is 593. The van der Waals surface area contributed by atoms with Gasteiger partial charge in [0.2, 0.25) is 0 Å². The molecule has 0 aliphatic carbocycles. The van der Waals surface area contributed by atoms with Gasteiger partial charge < -0.3 is 14.5 Å². The SMILES string of the molecule is CCNCc1c(CN2CCC(OC)C2)oc2ccccc12. The van der Waals surface area contributed by atoms with E-state index in [1.807, 2.05) is 6.07 Å². The summed E-state index contributed by atoms with van der Waals surface area (Å²) < 4.78 is 11.6. The van der Waals surface area contributed by atoms with E-state index in [1.54, 1.807) is 7.11 Å². The van der Waals surface area contributed by atoms with Crippen LogP contribution in [0.15, 0.2) is 28.7 Å². The molecular weight excluding hydrogens is 264 g/mol. The zero-order valence-electron chi connectivity index (χ0n) is 12.9. The largest absolute Gasteiger partial charge is 0.459 e. The van der Waals surface area contributed by atoms with E-state index >= 15 is 0 Å². The molecule has 1 aliphatic rings. The fourth-order valence-electron chi connectivity index (χ4n) is 3.06. The van der Waals surface area contributed by atoms with E-state index in [0.717, 1.165) is 50.5 Å². The smallest absolute Gasteiger partial charge is 0.134 e. The van der Waals surface area contributed by atoms with Crippen LogP contribution in [0.1, 0.15) is 24.7 Å². The molecule has 2 heterocycles. The first-order valence-electron chi connectivity index (χ1n) is 7.77. The van der Waals surface area contributed by atoms with Gasteiger partial charge in [0.15, 0.2) is 0 Å². The first kappa shape index (κ1) is 14.6. The minimum Gasteiger partial charge on any atom is -0.459 e. The molecular formula is C17H24N2O2. The van der Waals surface area contributed by atoms with Crippen LogP contribution < -0.4 is 5.32 Å². The van der Waals surface area contributed by atoms with E-state index in [0.29, 0.717) is 6.10 Å².